The lowest BCUT2D eigenvalue weighted by Gasteiger charge is -2.59. The summed E-state index contributed by atoms with van der Waals surface area (Å²) in [5.74, 6) is -1.09. The van der Waals surface area contributed by atoms with Crippen LogP contribution in [0.3, 0.4) is 0 Å². The van der Waals surface area contributed by atoms with E-state index in [1.54, 1.807) is 24.3 Å². The van der Waals surface area contributed by atoms with Crippen LogP contribution in [0.5, 0.6) is 5.75 Å². The molecular weight excluding hydrogens is 988 g/mol. The molecule has 5 aliphatic carbocycles. The van der Waals surface area contributed by atoms with Crippen molar-refractivity contribution in [1.29, 1.82) is 0 Å². The highest BCUT2D eigenvalue weighted by Gasteiger charge is 2.76. The average Bonchev–Trinajstić information content (AvgIpc) is 3.90. The standard InChI is InChI=1S/C60H85N2O13P/c1-58-28-25-47(63)35-46(58)22-23-48-49-36-54-60(59(49,2)37-50(64)55(48)58,74-57(73-54)43-19-10-7-11-20-43)53(66)40-72-56(67)42-26-30-62(3,31-27-42)39-45-34-44(21-24-52(45)75-76(68,69)70)51(65)38-61-29-13-4-5-14-32-71-33-15-12-18-41-16-8-6-9-17-41/h6,8-9,16-17,21,24-25,28,34-35,42-43,48-51,54-55,57,61,64-65H,4-5,7,10-15,18-20,22-23,26-27,29-33,36-40H2,1-3H3,(H-,68,69,70)/p+1/t42?,48?,49?,50?,51?,54?,55?,57-,58+,59+,60-,62?/m1/s1. The van der Waals surface area contributed by atoms with Gasteiger partial charge in [0.1, 0.15) is 12.3 Å². The van der Waals surface area contributed by atoms with Gasteiger partial charge in [0.05, 0.1) is 44.4 Å². The summed E-state index contributed by atoms with van der Waals surface area (Å²) in [6.07, 6.45) is 18.6. The fourth-order valence-electron chi connectivity index (χ4n) is 15.2. The predicted octanol–water partition coefficient (Wildman–Crippen LogP) is 8.80. The number of likely N-dealkylation sites (tertiary alicyclic amines) is 1. The summed E-state index contributed by atoms with van der Waals surface area (Å²) in [6, 6.07) is 15.4. The number of aliphatic hydroxyl groups excluding tert-OH is 2. The third-order valence-electron chi connectivity index (χ3n) is 19.2. The molecule has 0 bridgehead atoms. The molecule has 15 nitrogen and oxygen atoms in total. The number of hydrogen-bond donors (Lipinski definition) is 5. The molecule has 16 heteroatoms. The number of phosphoric acid groups is 1. The third-order valence-corrected chi connectivity index (χ3v) is 19.7. The number of allylic oxidation sites excluding steroid dienone is 4. The molecule has 5 N–H and O–H groups in total. The SMILES string of the molecule is C[C@]12C=CC(=O)C=C1CCC1C2C(O)C[C@@]2(C)C1CC1O[C@@H](C3CCCCC3)O[C@]12C(=O)COC(=O)C1CC[N+](C)(Cc2cc(C(O)CNCCCCCCOCCCCc3ccccc3)ccc2OP(=O)(O)O)CC1. The number of ether oxygens (including phenoxy) is 4. The van der Waals surface area contributed by atoms with Gasteiger partial charge in [-0.3, -0.25) is 24.2 Å². The Bertz CT molecular complexity index is 2450. The minimum absolute atomic E-state index is 0.00636. The van der Waals surface area contributed by atoms with Crippen molar-refractivity contribution in [2.24, 2.45) is 40.4 Å². The van der Waals surface area contributed by atoms with Gasteiger partial charge in [0.2, 0.25) is 5.78 Å². The van der Waals surface area contributed by atoms with Gasteiger partial charge >= 0.3 is 13.8 Å². The molecular formula is C60H86N2O13P+. The number of fused-ring (bicyclic) bond motifs is 7. The van der Waals surface area contributed by atoms with Gasteiger partial charge in [0.25, 0.3) is 0 Å². The van der Waals surface area contributed by atoms with Gasteiger partial charge in [-0.25, -0.2) is 4.57 Å². The molecule has 418 valence electrons. The lowest BCUT2D eigenvalue weighted by molar-refractivity contribution is -0.927. The molecule has 2 heterocycles. The lowest BCUT2D eigenvalue weighted by Crippen LogP contribution is -2.63. The summed E-state index contributed by atoms with van der Waals surface area (Å²) in [5.41, 5.74) is 0.923. The second kappa shape index (κ2) is 24.4. The number of hydrogen-bond acceptors (Lipinski definition) is 12. The van der Waals surface area contributed by atoms with E-state index in [4.69, 9.17) is 23.5 Å². The molecule has 2 aromatic carbocycles. The van der Waals surface area contributed by atoms with Crippen LogP contribution in [-0.4, -0.2) is 119 Å². The average molecular weight is 1070 g/mol. The Morgan fingerprint density at radius 2 is 1.67 bits per heavy atom. The second-order valence-corrected chi connectivity index (χ2v) is 25.5. The quantitative estimate of drug-likeness (QED) is 0.0288. The molecule has 10 atom stereocenters. The molecule has 2 aromatic rings. The Morgan fingerprint density at radius 1 is 0.934 bits per heavy atom. The number of phosphoric ester groups is 1. The summed E-state index contributed by atoms with van der Waals surface area (Å²) in [4.78, 5) is 61.2. The van der Waals surface area contributed by atoms with Crippen molar-refractivity contribution in [3.8, 4) is 5.75 Å². The van der Waals surface area contributed by atoms with Crippen LogP contribution in [0.1, 0.15) is 146 Å². The smallest absolute Gasteiger partial charge is 0.457 e. The van der Waals surface area contributed by atoms with Crippen LogP contribution in [0, 0.1) is 40.4 Å². The summed E-state index contributed by atoms with van der Waals surface area (Å²) in [5, 5.41) is 26.8. The first-order valence-corrected chi connectivity index (χ1v) is 30.3. The molecule has 2 saturated heterocycles. The first-order chi connectivity index (χ1) is 36.4. The number of Topliss-reactive ketones (excluding diaryl/α,β-unsaturated/α-hetero) is 1. The van der Waals surface area contributed by atoms with E-state index >= 15 is 4.79 Å². The number of rotatable bonds is 24. The normalized spacial score (nSPS) is 33.6. The summed E-state index contributed by atoms with van der Waals surface area (Å²) < 4.78 is 43.5. The number of nitrogens with one attached hydrogen (secondary N) is 1. The number of unbranched alkanes of at least 4 members (excludes halogenated alkanes) is 4. The van der Waals surface area contributed by atoms with E-state index in [0.717, 1.165) is 115 Å². The Balaban J connectivity index is 0.767. The maximum Gasteiger partial charge on any atom is 0.524 e. The van der Waals surface area contributed by atoms with Crippen LogP contribution in [-0.2, 0) is 50.9 Å². The van der Waals surface area contributed by atoms with Crippen molar-refractivity contribution in [2.45, 2.75) is 166 Å². The number of benzene rings is 2. The minimum Gasteiger partial charge on any atom is -0.457 e. The second-order valence-electron chi connectivity index (χ2n) is 24.4. The van der Waals surface area contributed by atoms with E-state index in [2.05, 4.69) is 43.4 Å². The molecule has 0 radical (unpaired) electrons. The Labute approximate surface area is 450 Å². The molecule has 9 rings (SSSR count). The summed E-state index contributed by atoms with van der Waals surface area (Å²) in [6.45, 7) is 7.81. The van der Waals surface area contributed by atoms with E-state index in [9.17, 15) is 34.2 Å². The Morgan fingerprint density at radius 3 is 2.42 bits per heavy atom. The van der Waals surface area contributed by atoms with E-state index in [1.807, 2.05) is 19.2 Å². The molecule has 0 amide bonds. The van der Waals surface area contributed by atoms with Crippen molar-refractivity contribution in [3.63, 3.8) is 0 Å². The van der Waals surface area contributed by atoms with Gasteiger partial charge in [-0.15, -0.1) is 0 Å². The fraction of sp³-hybridized carbons (Fsp3) is 0.683. The fourth-order valence-corrected chi connectivity index (χ4v) is 15.6. The molecule has 0 aromatic heterocycles. The Kier molecular flexibility index (Phi) is 18.3. The molecule has 4 saturated carbocycles. The third kappa shape index (κ3) is 12.5. The van der Waals surface area contributed by atoms with Gasteiger partial charge in [-0.05, 0) is 124 Å². The lowest BCUT2D eigenvalue weighted by atomic mass is 9.46. The van der Waals surface area contributed by atoms with Crippen LogP contribution in [0.2, 0.25) is 0 Å². The zero-order valence-electron chi connectivity index (χ0n) is 45.3. The number of esters is 1. The van der Waals surface area contributed by atoms with E-state index in [0.29, 0.717) is 67.5 Å². The monoisotopic (exact) mass is 1070 g/mol. The van der Waals surface area contributed by atoms with E-state index < -0.39 is 67.3 Å². The molecule has 7 aliphatic rings. The first-order valence-electron chi connectivity index (χ1n) is 28.8. The predicted molar refractivity (Wildman–Crippen MR) is 286 cm³/mol. The maximum absolute atomic E-state index is 15.1. The number of nitrogens with zero attached hydrogens (tertiary/aromatic N) is 1. The van der Waals surface area contributed by atoms with Crippen molar-refractivity contribution in [2.75, 3.05) is 53.0 Å². The zero-order chi connectivity index (χ0) is 53.7. The number of aryl methyl sites for hydroxylation is 1. The van der Waals surface area contributed by atoms with Gasteiger partial charge in [-0.1, -0.05) is 94.0 Å². The molecule has 76 heavy (non-hydrogen) atoms. The zero-order valence-corrected chi connectivity index (χ0v) is 46.2. The van der Waals surface area contributed by atoms with Crippen LogP contribution >= 0.6 is 7.82 Å². The van der Waals surface area contributed by atoms with Crippen molar-refractivity contribution >= 4 is 25.4 Å². The van der Waals surface area contributed by atoms with Crippen LogP contribution in [0.4, 0.5) is 0 Å². The minimum atomic E-state index is -4.90. The highest BCUT2D eigenvalue weighted by molar-refractivity contribution is 7.46. The number of piperidine rings is 1. The highest BCUT2D eigenvalue weighted by atomic mass is 31.2. The number of aliphatic hydroxyl groups is 2. The number of carbonyl (C=O) groups is 3. The highest BCUT2D eigenvalue weighted by Crippen LogP contribution is 2.70. The number of carbonyl (C=O) groups excluding carboxylic acids is 3. The number of quaternary nitrogens is 1. The Hall–Kier alpha value is -3.60. The van der Waals surface area contributed by atoms with Gasteiger partial charge in [0, 0.05) is 60.8 Å². The largest absolute Gasteiger partial charge is 0.524 e. The van der Waals surface area contributed by atoms with Crippen LogP contribution < -0.4 is 9.84 Å². The van der Waals surface area contributed by atoms with Crippen LogP contribution in [0.15, 0.2) is 72.3 Å². The first kappa shape index (κ1) is 57.1. The van der Waals surface area contributed by atoms with Crippen molar-refractivity contribution in [1.82, 2.24) is 5.32 Å². The summed E-state index contributed by atoms with van der Waals surface area (Å²) in [7, 11) is -2.87. The van der Waals surface area contributed by atoms with Gasteiger partial charge in [0.15, 0.2) is 24.3 Å². The molecule has 0 spiro atoms. The maximum atomic E-state index is 15.1. The van der Waals surface area contributed by atoms with Crippen molar-refractivity contribution in [3.05, 3.63) is 89.0 Å². The van der Waals surface area contributed by atoms with Gasteiger partial charge < -0.3 is 43.5 Å². The topological polar surface area (TPSA) is 207 Å². The van der Waals surface area contributed by atoms with E-state index in [1.165, 1.54) is 11.6 Å². The summed E-state index contributed by atoms with van der Waals surface area (Å²) >= 11 is 0. The van der Waals surface area contributed by atoms with E-state index in [-0.39, 0.29) is 41.0 Å². The van der Waals surface area contributed by atoms with Gasteiger partial charge in [-0.2, -0.15) is 0 Å². The number of ketones is 2. The molecule has 2 aliphatic heterocycles. The molecule has 6 fully saturated rings. The van der Waals surface area contributed by atoms with Crippen LogP contribution in [0.25, 0.3) is 0 Å². The molecule has 6 unspecified atom stereocenters. The van der Waals surface area contributed by atoms with Crippen molar-refractivity contribution < 1.29 is 66.9 Å².